The molecule has 2 aromatic heterocycles. The van der Waals surface area contributed by atoms with Crippen molar-refractivity contribution in [1.29, 1.82) is 0 Å². The van der Waals surface area contributed by atoms with Gasteiger partial charge in [-0.05, 0) is 23.7 Å². The summed E-state index contributed by atoms with van der Waals surface area (Å²) in [4.78, 5) is 15.9. The molecule has 0 aliphatic heterocycles. The summed E-state index contributed by atoms with van der Waals surface area (Å²) in [5.74, 6) is -0.239. The summed E-state index contributed by atoms with van der Waals surface area (Å²) in [6.07, 6.45) is 4.73. The Balaban J connectivity index is 1.98. The van der Waals surface area contributed by atoms with Crippen molar-refractivity contribution in [3.63, 3.8) is 0 Å². The molecule has 21 heavy (non-hydrogen) atoms. The fourth-order valence-electron chi connectivity index (χ4n) is 1.61. The number of benzene rings is 1. The lowest BCUT2D eigenvalue weighted by Gasteiger charge is -2.08. The van der Waals surface area contributed by atoms with E-state index in [0.717, 1.165) is 0 Å². The average Bonchev–Trinajstić information content (AvgIpc) is 2.97. The second kappa shape index (κ2) is 5.63. The highest BCUT2D eigenvalue weighted by Gasteiger charge is 2.10. The third-order valence-corrected chi connectivity index (χ3v) is 2.99. The van der Waals surface area contributed by atoms with Crippen LogP contribution in [0.3, 0.4) is 0 Å². The van der Waals surface area contributed by atoms with Gasteiger partial charge in [-0.15, -0.1) is 0 Å². The van der Waals surface area contributed by atoms with Crippen LogP contribution in [0.1, 0.15) is 0 Å². The number of halogens is 3. The summed E-state index contributed by atoms with van der Waals surface area (Å²) < 4.78 is 15.4. The van der Waals surface area contributed by atoms with Gasteiger partial charge in [-0.3, -0.25) is 4.57 Å². The van der Waals surface area contributed by atoms with Crippen LogP contribution in [-0.4, -0.2) is 24.5 Å². The smallest absolute Gasteiger partial charge is 0.241 e. The van der Waals surface area contributed by atoms with Crippen LogP contribution in [0.25, 0.3) is 5.95 Å². The van der Waals surface area contributed by atoms with Crippen LogP contribution in [0.5, 0.6) is 0 Å². The van der Waals surface area contributed by atoms with Gasteiger partial charge in [0.2, 0.25) is 17.2 Å². The minimum atomic E-state index is -0.597. The maximum atomic E-state index is 13.8. The molecule has 3 rings (SSSR count). The number of nitrogens with zero attached hydrogens (tertiary/aromatic N) is 5. The van der Waals surface area contributed by atoms with Crippen molar-refractivity contribution < 1.29 is 4.39 Å². The third kappa shape index (κ3) is 2.93. The third-order valence-electron chi connectivity index (χ3n) is 2.53. The maximum absolute atomic E-state index is 13.8. The molecule has 0 amide bonds. The van der Waals surface area contributed by atoms with Crippen molar-refractivity contribution in [3.05, 3.63) is 53.0 Å². The largest absolute Gasteiger partial charge is 0.321 e. The van der Waals surface area contributed by atoms with Crippen molar-refractivity contribution >= 4 is 34.8 Å². The lowest BCUT2D eigenvalue weighted by atomic mass is 10.3. The fourth-order valence-corrected chi connectivity index (χ4v) is 1.94. The summed E-state index contributed by atoms with van der Waals surface area (Å²) in [5.41, 5.74) is 0.140. The Morgan fingerprint density at radius 1 is 1.14 bits per heavy atom. The fraction of sp³-hybridized carbons (Fsp3) is 0. The van der Waals surface area contributed by atoms with Crippen LogP contribution in [-0.2, 0) is 0 Å². The summed E-state index contributed by atoms with van der Waals surface area (Å²) in [7, 11) is 0. The Bertz CT molecular complexity index is 777. The van der Waals surface area contributed by atoms with Crippen molar-refractivity contribution in [1.82, 2.24) is 24.5 Å². The van der Waals surface area contributed by atoms with E-state index in [-0.39, 0.29) is 27.9 Å². The summed E-state index contributed by atoms with van der Waals surface area (Å²) in [6, 6.07) is 4.56. The molecule has 106 valence electrons. The SMILES string of the molecule is Fc1c(Cl)cccc1Nc1nc(Cl)nc(-n2ccnc2)n1. The molecule has 0 radical (unpaired) electrons. The van der Waals surface area contributed by atoms with Crippen molar-refractivity contribution in [2.24, 2.45) is 0 Å². The standard InChI is InChI=1S/C12H7Cl2FN6/c13-7-2-1-3-8(9(7)15)17-11-18-10(14)19-12(20-11)21-5-4-16-6-21/h1-6H,(H,17,18,19,20). The summed E-state index contributed by atoms with van der Waals surface area (Å²) in [5, 5.41) is 2.68. The molecule has 0 aliphatic carbocycles. The number of rotatable bonds is 3. The van der Waals surface area contributed by atoms with E-state index >= 15 is 0 Å². The van der Waals surface area contributed by atoms with Gasteiger partial charge in [-0.25, -0.2) is 9.37 Å². The van der Waals surface area contributed by atoms with E-state index in [1.54, 1.807) is 23.0 Å². The monoisotopic (exact) mass is 324 g/mol. The molecule has 0 atom stereocenters. The topological polar surface area (TPSA) is 68.5 Å². The lowest BCUT2D eigenvalue weighted by molar-refractivity contribution is 0.632. The second-order valence-corrected chi connectivity index (χ2v) is 4.67. The Kier molecular flexibility index (Phi) is 3.68. The Morgan fingerprint density at radius 3 is 2.76 bits per heavy atom. The van der Waals surface area contributed by atoms with Crippen LogP contribution in [0.4, 0.5) is 16.0 Å². The van der Waals surface area contributed by atoms with Crippen molar-refractivity contribution in [3.8, 4) is 5.95 Å². The van der Waals surface area contributed by atoms with Crippen LogP contribution in [0.2, 0.25) is 10.3 Å². The van der Waals surface area contributed by atoms with Gasteiger partial charge in [0.15, 0.2) is 5.82 Å². The molecule has 0 aliphatic rings. The van der Waals surface area contributed by atoms with Crippen molar-refractivity contribution in [2.75, 3.05) is 5.32 Å². The summed E-state index contributed by atoms with van der Waals surface area (Å²) in [6.45, 7) is 0. The average molecular weight is 325 g/mol. The molecule has 1 aromatic carbocycles. The highest BCUT2D eigenvalue weighted by Crippen LogP contribution is 2.24. The van der Waals surface area contributed by atoms with E-state index in [2.05, 4.69) is 25.3 Å². The minimum Gasteiger partial charge on any atom is -0.321 e. The van der Waals surface area contributed by atoms with E-state index in [0.29, 0.717) is 0 Å². The first kappa shape index (κ1) is 13.7. The Hall–Kier alpha value is -2.25. The molecule has 3 aromatic rings. The van der Waals surface area contributed by atoms with Crippen LogP contribution >= 0.6 is 23.2 Å². The molecule has 9 heteroatoms. The Labute approximate surface area is 128 Å². The zero-order chi connectivity index (χ0) is 14.8. The van der Waals surface area contributed by atoms with E-state index in [9.17, 15) is 4.39 Å². The molecule has 1 N–H and O–H groups in total. The molecule has 0 spiro atoms. The highest BCUT2D eigenvalue weighted by molar-refractivity contribution is 6.31. The van der Waals surface area contributed by atoms with E-state index in [1.165, 1.54) is 18.5 Å². The van der Waals surface area contributed by atoms with Gasteiger partial charge in [0.1, 0.15) is 6.33 Å². The molecule has 0 unspecified atom stereocenters. The predicted molar refractivity (Wildman–Crippen MR) is 76.7 cm³/mol. The molecule has 0 bridgehead atoms. The van der Waals surface area contributed by atoms with Gasteiger partial charge in [-0.2, -0.15) is 15.0 Å². The number of hydrogen-bond acceptors (Lipinski definition) is 5. The molecule has 2 heterocycles. The minimum absolute atomic E-state index is 0.00464. The summed E-state index contributed by atoms with van der Waals surface area (Å²) >= 11 is 11.6. The zero-order valence-electron chi connectivity index (χ0n) is 10.3. The number of nitrogens with one attached hydrogen (secondary N) is 1. The van der Waals surface area contributed by atoms with Gasteiger partial charge in [0, 0.05) is 12.4 Å². The van der Waals surface area contributed by atoms with Gasteiger partial charge in [0.05, 0.1) is 10.7 Å². The molecule has 0 saturated carbocycles. The van der Waals surface area contributed by atoms with Crippen LogP contribution in [0.15, 0.2) is 36.9 Å². The first-order chi connectivity index (χ1) is 10.1. The van der Waals surface area contributed by atoms with Crippen LogP contribution < -0.4 is 5.32 Å². The molecule has 0 fully saturated rings. The molecule has 6 nitrogen and oxygen atoms in total. The first-order valence-corrected chi connectivity index (χ1v) is 6.50. The number of hydrogen-bond donors (Lipinski definition) is 1. The predicted octanol–water partition coefficient (Wildman–Crippen LogP) is 3.25. The van der Waals surface area contributed by atoms with E-state index < -0.39 is 5.82 Å². The van der Waals surface area contributed by atoms with Crippen LogP contribution in [0, 0.1) is 5.82 Å². The molecular formula is C12H7Cl2FN6. The maximum Gasteiger partial charge on any atom is 0.241 e. The quantitative estimate of drug-likeness (QED) is 0.800. The molecular weight excluding hydrogens is 318 g/mol. The van der Waals surface area contributed by atoms with Gasteiger partial charge >= 0.3 is 0 Å². The second-order valence-electron chi connectivity index (χ2n) is 3.92. The zero-order valence-corrected chi connectivity index (χ0v) is 11.8. The number of anilines is 2. The number of imidazole rings is 1. The first-order valence-electron chi connectivity index (χ1n) is 5.74. The van der Waals surface area contributed by atoms with E-state index in [4.69, 9.17) is 23.2 Å². The Morgan fingerprint density at radius 2 is 2.00 bits per heavy atom. The van der Waals surface area contributed by atoms with E-state index in [1.807, 2.05) is 0 Å². The molecule has 0 saturated heterocycles. The van der Waals surface area contributed by atoms with Crippen molar-refractivity contribution in [2.45, 2.75) is 0 Å². The normalized spacial score (nSPS) is 10.6. The highest BCUT2D eigenvalue weighted by atomic mass is 35.5. The van der Waals surface area contributed by atoms with Gasteiger partial charge < -0.3 is 5.32 Å². The lowest BCUT2D eigenvalue weighted by Crippen LogP contribution is -2.06. The number of aromatic nitrogens is 5. The van der Waals surface area contributed by atoms with Gasteiger partial charge in [-0.1, -0.05) is 17.7 Å². The van der Waals surface area contributed by atoms with Gasteiger partial charge in [0.25, 0.3) is 0 Å².